The average molecular weight is 305 g/mol. The molecule has 1 heterocycles. The van der Waals surface area contributed by atoms with Crippen molar-refractivity contribution >= 4 is 23.0 Å². The van der Waals surface area contributed by atoms with E-state index < -0.39 is 0 Å². The van der Waals surface area contributed by atoms with E-state index in [2.05, 4.69) is 49.7 Å². The Morgan fingerprint density at radius 2 is 1.71 bits per heavy atom. The lowest BCUT2D eigenvalue weighted by molar-refractivity contribution is 0.213. The third-order valence-corrected chi connectivity index (χ3v) is 4.80. The van der Waals surface area contributed by atoms with Crippen molar-refractivity contribution in [1.29, 1.82) is 0 Å². The second-order valence-corrected chi connectivity index (χ2v) is 6.81. The van der Waals surface area contributed by atoms with Gasteiger partial charge in [-0.15, -0.1) is 0 Å². The first-order valence-electron chi connectivity index (χ1n) is 7.27. The molecule has 1 unspecified atom stereocenters. The van der Waals surface area contributed by atoms with Crippen LogP contribution >= 0.6 is 11.8 Å². The number of rotatable bonds is 3. The predicted molar refractivity (Wildman–Crippen MR) is 89.5 cm³/mol. The maximum Gasteiger partial charge on any atom is 0.346 e. The van der Waals surface area contributed by atoms with Gasteiger partial charge >= 0.3 is 6.03 Å². The molecule has 1 aliphatic heterocycles. The summed E-state index contributed by atoms with van der Waals surface area (Å²) in [4.78, 5) is 20.4. The van der Waals surface area contributed by atoms with Gasteiger partial charge in [0, 0.05) is 19.1 Å². The number of aliphatic imine (C=N–C) groups is 1. The number of urea groups is 1. The highest BCUT2D eigenvalue weighted by Crippen LogP contribution is 2.37. The SMILES string of the molecule is CC(C)N(C1=NC(=O)N(C)C(c2ccccc2)S1)C(C)C. The van der Waals surface area contributed by atoms with E-state index in [1.807, 2.05) is 25.2 Å². The highest BCUT2D eigenvalue weighted by Gasteiger charge is 2.33. The van der Waals surface area contributed by atoms with Crippen molar-refractivity contribution in [3.05, 3.63) is 35.9 Å². The highest BCUT2D eigenvalue weighted by molar-refractivity contribution is 8.14. The van der Waals surface area contributed by atoms with Gasteiger partial charge in [0.05, 0.1) is 0 Å². The van der Waals surface area contributed by atoms with Crippen LogP contribution < -0.4 is 0 Å². The predicted octanol–water partition coefficient (Wildman–Crippen LogP) is 3.96. The van der Waals surface area contributed by atoms with E-state index in [1.165, 1.54) is 0 Å². The molecule has 0 aliphatic carbocycles. The number of amidine groups is 1. The fourth-order valence-corrected chi connectivity index (χ4v) is 3.95. The molecule has 0 radical (unpaired) electrons. The largest absolute Gasteiger partial charge is 0.346 e. The van der Waals surface area contributed by atoms with Crippen molar-refractivity contribution in [1.82, 2.24) is 9.80 Å². The standard InChI is InChI=1S/C16H23N3OS/c1-11(2)19(12(3)4)16-17-15(20)18(5)14(21-16)13-9-7-6-8-10-13/h6-12,14H,1-5H3. The molecule has 0 aromatic heterocycles. The molecule has 5 heteroatoms. The summed E-state index contributed by atoms with van der Waals surface area (Å²) in [5.41, 5.74) is 1.12. The van der Waals surface area contributed by atoms with Gasteiger partial charge in [0.1, 0.15) is 5.37 Å². The van der Waals surface area contributed by atoms with Gasteiger partial charge in [-0.05, 0) is 33.3 Å². The summed E-state index contributed by atoms with van der Waals surface area (Å²) < 4.78 is 0. The quantitative estimate of drug-likeness (QED) is 0.848. The highest BCUT2D eigenvalue weighted by atomic mass is 32.2. The maximum atomic E-state index is 12.2. The monoisotopic (exact) mass is 305 g/mol. The molecule has 1 aromatic carbocycles. The molecule has 114 valence electrons. The van der Waals surface area contributed by atoms with Crippen LogP contribution in [0, 0.1) is 0 Å². The molecule has 1 aliphatic rings. The number of carbonyl (C=O) groups is 1. The molecule has 0 saturated heterocycles. The molecule has 2 rings (SSSR count). The van der Waals surface area contributed by atoms with Crippen molar-refractivity contribution in [2.75, 3.05) is 7.05 Å². The summed E-state index contributed by atoms with van der Waals surface area (Å²) >= 11 is 1.64. The number of carbonyl (C=O) groups excluding carboxylic acids is 1. The Morgan fingerprint density at radius 1 is 1.14 bits per heavy atom. The first-order valence-corrected chi connectivity index (χ1v) is 8.15. The molecular formula is C16H23N3OS. The van der Waals surface area contributed by atoms with Gasteiger partial charge in [-0.3, -0.25) is 0 Å². The first-order chi connectivity index (χ1) is 9.91. The van der Waals surface area contributed by atoms with Crippen molar-refractivity contribution in [3.63, 3.8) is 0 Å². The lowest BCUT2D eigenvalue weighted by Crippen LogP contribution is -2.45. The molecule has 21 heavy (non-hydrogen) atoms. The number of hydrogen-bond acceptors (Lipinski definition) is 3. The summed E-state index contributed by atoms with van der Waals surface area (Å²) in [6.45, 7) is 8.51. The maximum absolute atomic E-state index is 12.2. The van der Waals surface area contributed by atoms with Gasteiger partial charge < -0.3 is 9.80 Å². The number of hydrogen-bond donors (Lipinski definition) is 0. The lowest BCUT2D eigenvalue weighted by Gasteiger charge is -2.38. The molecule has 2 amide bonds. The van der Waals surface area contributed by atoms with Crippen LogP contribution in [0.2, 0.25) is 0 Å². The van der Waals surface area contributed by atoms with Crippen molar-refractivity contribution in [2.45, 2.75) is 45.2 Å². The molecule has 0 fully saturated rings. The smallest absolute Gasteiger partial charge is 0.346 e. The zero-order valence-electron chi connectivity index (χ0n) is 13.3. The molecule has 0 bridgehead atoms. The van der Waals surface area contributed by atoms with Crippen LogP contribution in [0.4, 0.5) is 4.79 Å². The average Bonchev–Trinajstić information content (AvgIpc) is 2.42. The first kappa shape index (κ1) is 15.9. The second-order valence-electron chi connectivity index (χ2n) is 5.76. The van der Waals surface area contributed by atoms with E-state index in [9.17, 15) is 4.79 Å². The molecule has 4 nitrogen and oxygen atoms in total. The zero-order valence-corrected chi connectivity index (χ0v) is 14.1. The summed E-state index contributed by atoms with van der Waals surface area (Å²) in [5, 5.41) is 0.795. The number of thioether (sulfide) groups is 1. The minimum absolute atomic E-state index is 0.0220. The Balaban J connectivity index is 2.33. The van der Waals surface area contributed by atoms with E-state index in [0.717, 1.165) is 10.7 Å². The molecule has 0 saturated carbocycles. The van der Waals surface area contributed by atoms with Crippen LogP contribution in [-0.2, 0) is 0 Å². The van der Waals surface area contributed by atoms with Gasteiger partial charge in [-0.2, -0.15) is 4.99 Å². The van der Waals surface area contributed by atoms with Crippen LogP contribution in [0.1, 0.15) is 38.6 Å². The van der Waals surface area contributed by atoms with Gasteiger partial charge in [-0.25, -0.2) is 4.79 Å². The van der Waals surface area contributed by atoms with Crippen LogP contribution in [-0.4, -0.2) is 40.1 Å². The molecular weight excluding hydrogens is 282 g/mol. The Kier molecular flexibility index (Phi) is 4.93. The summed E-state index contributed by atoms with van der Waals surface area (Å²) in [6, 6.07) is 10.5. The molecule has 0 N–H and O–H groups in total. The third kappa shape index (κ3) is 3.40. The minimum Gasteiger partial charge on any atom is -0.346 e. The van der Waals surface area contributed by atoms with Crippen LogP contribution in [0.5, 0.6) is 0 Å². The topological polar surface area (TPSA) is 35.9 Å². The Morgan fingerprint density at radius 3 is 2.24 bits per heavy atom. The second kappa shape index (κ2) is 6.52. The lowest BCUT2D eigenvalue weighted by atomic mass is 10.2. The van der Waals surface area contributed by atoms with E-state index in [0.29, 0.717) is 12.1 Å². The van der Waals surface area contributed by atoms with E-state index >= 15 is 0 Å². The summed E-state index contributed by atoms with van der Waals surface area (Å²) in [7, 11) is 1.81. The number of nitrogens with zero attached hydrogens (tertiary/aromatic N) is 3. The number of amides is 2. The Bertz CT molecular complexity index is 520. The fourth-order valence-electron chi connectivity index (χ4n) is 2.53. The minimum atomic E-state index is -0.177. The van der Waals surface area contributed by atoms with Gasteiger partial charge in [0.25, 0.3) is 0 Å². The zero-order chi connectivity index (χ0) is 15.6. The van der Waals surface area contributed by atoms with Gasteiger partial charge in [0.2, 0.25) is 0 Å². The van der Waals surface area contributed by atoms with E-state index in [1.54, 1.807) is 16.7 Å². The summed E-state index contributed by atoms with van der Waals surface area (Å²) in [5.74, 6) is 0. The van der Waals surface area contributed by atoms with E-state index in [-0.39, 0.29) is 11.4 Å². The van der Waals surface area contributed by atoms with Gasteiger partial charge in [0.15, 0.2) is 5.17 Å². The van der Waals surface area contributed by atoms with Crippen molar-refractivity contribution in [2.24, 2.45) is 4.99 Å². The Hall–Kier alpha value is -1.49. The summed E-state index contributed by atoms with van der Waals surface area (Å²) in [6.07, 6.45) is 0. The van der Waals surface area contributed by atoms with Crippen LogP contribution in [0.25, 0.3) is 0 Å². The van der Waals surface area contributed by atoms with Crippen molar-refractivity contribution in [3.8, 4) is 0 Å². The molecule has 0 spiro atoms. The molecule has 1 atom stereocenters. The van der Waals surface area contributed by atoms with Gasteiger partial charge in [-0.1, -0.05) is 42.1 Å². The van der Waals surface area contributed by atoms with E-state index in [4.69, 9.17) is 0 Å². The third-order valence-electron chi connectivity index (χ3n) is 3.48. The normalized spacial score (nSPS) is 19.2. The van der Waals surface area contributed by atoms with Crippen molar-refractivity contribution < 1.29 is 4.79 Å². The van der Waals surface area contributed by atoms with Crippen LogP contribution in [0.15, 0.2) is 35.3 Å². The Labute approximate surface area is 131 Å². The van der Waals surface area contributed by atoms with Crippen LogP contribution in [0.3, 0.4) is 0 Å². The fraction of sp³-hybridized carbons (Fsp3) is 0.500. The number of benzene rings is 1. The molecule has 1 aromatic rings.